The van der Waals surface area contributed by atoms with Crippen LogP contribution < -0.4 is 15.8 Å². The summed E-state index contributed by atoms with van der Waals surface area (Å²) in [5.41, 5.74) is 6.16. The summed E-state index contributed by atoms with van der Waals surface area (Å²) >= 11 is 0. The molecule has 0 bridgehead atoms. The Morgan fingerprint density at radius 1 is 1.50 bits per heavy atom. The Morgan fingerprint density at radius 2 is 2.17 bits per heavy atom. The molecule has 0 saturated heterocycles. The molecule has 0 aliphatic heterocycles. The molecule has 1 rings (SSSR count). The van der Waals surface area contributed by atoms with Crippen molar-refractivity contribution in [3.8, 4) is 5.75 Å². The number of halogens is 1. The quantitative estimate of drug-likeness (QED) is 0.846. The number of nitrogens with one attached hydrogen (secondary N) is 1. The predicted molar refractivity (Wildman–Crippen MR) is 69.0 cm³/mol. The van der Waals surface area contributed by atoms with Gasteiger partial charge in [0.1, 0.15) is 11.6 Å². The van der Waals surface area contributed by atoms with Crippen LogP contribution >= 0.6 is 0 Å². The number of anilines is 1. The van der Waals surface area contributed by atoms with Crippen LogP contribution in [0.4, 0.5) is 10.1 Å². The van der Waals surface area contributed by atoms with Gasteiger partial charge in [-0.05, 0) is 25.0 Å². The molecule has 1 amide bonds. The van der Waals surface area contributed by atoms with Crippen LogP contribution in [-0.2, 0) is 4.79 Å². The van der Waals surface area contributed by atoms with Crippen LogP contribution in [0.2, 0.25) is 0 Å². The molecule has 1 aromatic rings. The third-order valence-electron chi connectivity index (χ3n) is 2.52. The smallest absolute Gasteiger partial charge is 0.241 e. The van der Waals surface area contributed by atoms with Crippen molar-refractivity contribution < 1.29 is 13.9 Å². The van der Waals surface area contributed by atoms with Crippen LogP contribution in [0.3, 0.4) is 0 Å². The van der Waals surface area contributed by atoms with E-state index >= 15 is 0 Å². The number of nitrogens with two attached hydrogens (primary N) is 1. The van der Waals surface area contributed by atoms with Crippen molar-refractivity contribution in [2.45, 2.75) is 26.8 Å². The van der Waals surface area contributed by atoms with Gasteiger partial charge in [0.05, 0.1) is 18.3 Å². The van der Waals surface area contributed by atoms with E-state index in [-0.39, 0.29) is 11.8 Å². The normalized spacial score (nSPS) is 12.3. The zero-order valence-corrected chi connectivity index (χ0v) is 10.9. The molecule has 0 aromatic heterocycles. The number of hydrogen-bond donors (Lipinski definition) is 2. The molecule has 0 unspecified atom stereocenters. The van der Waals surface area contributed by atoms with Gasteiger partial charge < -0.3 is 15.8 Å². The molecular weight excluding hydrogens is 235 g/mol. The van der Waals surface area contributed by atoms with Crippen LogP contribution in [0.5, 0.6) is 5.75 Å². The van der Waals surface area contributed by atoms with Crippen molar-refractivity contribution in [3.63, 3.8) is 0 Å². The number of rotatable bonds is 5. The Bertz CT molecular complexity index is 421. The molecule has 4 nitrogen and oxygen atoms in total. The van der Waals surface area contributed by atoms with Crippen molar-refractivity contribution in [2.75, 3.05) is 11.9 Å². The predicted octanol–water partition coefficient (Wildman–Crippen LogP) is 2.15. The van der Waals surface area contributed by atoms with Gasteiger partial charge in [-0.2, -0.15) is 0 Å². The average Bonchev–Trinajstić information content (AvgIpc) is 2.31. The van der Waals surface area contributed by atoms with Crippen LogP contribution in [0.1, 0.15) is 20.8 Å². The van der Waals surface area contributed by atoms with Crippen molar-refractivity contribution in [2.24, 2.45) is 11.7 Å². The molecule has 0 aliphatic rings. The molecule has 0 heterocycles. The molecule has 0 spiro atoms. The number of carbonyl (C=O) groups excluding carboxylic acids is 1. The summed E-state index contributed by atoms with van der Waals surface area (Å²) in [7, 11) is 0. The van der Waals surface area contributed by atoms with Gasteiger partial charge >= 0.3 is 0 Å². The van der Waals surface area contributed by atoms with Gasteiger partial charge in [-0.1, -0.05) is 13.8 Å². The lowest BCUT2D eigenvalue weighted by atomic mass is 10.0. The zero-order valence-electron chi connectivity index (χ0n) is 10.9. The molecule has 5 heteroatoms. The third kappa shape index (κ3) is 3.70. The molecule has 1 aromatic carbocycles. The highest BCUT2D eigenvalue weighted by molar-refractivity contribution is 5.96. The van der Waals surface area contributed by atoms with Crippen LogP contribution in [0, 0.1) is 11.7 Å². The first-order chi connectivity index (χ1) is 8.45. The fourth-order valence-electron chi connectivity index (χ4n) is 1.39. The van der Waals surface area contributed by atoms with Gasteiger partial charge in [0.25, 0.3) is 0 Å². The minimum absolute atomic E-state index is 0.0287. The first-order valence-corrected chi connectivity index (χ1v) is 5.94. The fraction of sp³-hybridized carbons (Fsp3) is 0.462. The maximum absolute atomic E-state index is 13.1. The first-order valence-electron chi connectivity index (χ1n) is 5.94. The van der Waals surface area contributed by atoms with E-state index in [0.29, 0.717) is 18.0 Å². The molecule has 0 aliphatic carbocycles. The fourth-order valence-corrected chi connectivity index (χ4v) is 1.39. The van der Waals surface area contributed by atoms with E-state index in [1.54, 1.807) is 6.92 Å². The lowest BCUT2D eigenvalue weighted by Gasteiger charge is -2.17. The number of ether oxygens (including phenoxy) is 1. The van der Waals surface area contributed by atoms with E-state index in [2.05, 4.69) is 5.32 Å². The van der Waals surface area contributed by atoms with Gasteiger partial charge in [-0.15, -0.1) is 0 Å². The lowest BCUT2D eigenvalue weighted by molar-refractivity contribution is -0.118. The van der Waals surface area contributed by atoms with Gasteiger partial charge in [0.15, 0.2) is 0 Å². The Balaban J connectivity index is 2.86. The maximum Gasteiger partial charge on any atom is 0.241 e. The van der Waals surface area contributed by atoms with E-state index in [9.17, 15) is 9.18 Å². The topological polar surface area (TPSA) is 64.3 Å². The second-order valence-electron chi connectivity index (χ2n) is 4.33. The summed E-state index contributed by atoms with van der Waals surface area (Å²) in [4.78, 5) is 11.8. The summed E-state index contributed by atoms with van der Waals surface area (Å²) in [6, 6.07) is 3.36. The zero-order chi connectivity index (χ0) is 13.7. The third-order valence-corrected chi connectivity index (χ3v) is 2.52. The van der Waals surface area contributed by atoms with Crippen molar-refractivity contribution in [1.82, 2.24) is 0 Å². The highest BCUT2D eigenvalue weighted by Crippen LogP contribution is 2.25. The number of carbonyl (C=O) groups is 1. The summed E-state index contributed by atoms with van der Waals surface area (Å²) in [5, 5.41) is 2.65. The van der Waals surface area contributed by atoms with Crippen LogP contribution in [0.15, 0.2) is 18.2 Å². The molecule has 3 N–H and O–H groups in total. The Labute approximate surface area is 106 Å². The molecule has 100 valence electrons. The summed E-state index contributed by atoms with van der Waals surface area (Å²) in [6.07, 6.45) is 0. The van der Waals surface area contributed by atoms with E-state index < -0.39 is 11.9 Å². The van der Waals surface area contributed by atoms with Crippen LogP contribution in [0.25, 0.3) is 0 Å². The largest absolute Gasteiger partial charge is 0.492 e. The first kappa shape index (κ1) is 14.4. The average molecular weight is 254 g/mol. The van der Waals surface area contributed by atoms with E-state index in [1.807, 2.05) is 13.8 Å². The van der Waals surface area contributed by atoms with Gasteiger partial charge in [-0.3, -0.25) is 4.79 Å². The SMILES string of the molecule is CCOc1cc(F)ccc1NC(=O)[C@@H](N)C(C)C. The van der Waals surface area contributed by atoms with E-state index in [0.717, 1.165) is 0 Å². The molecule has 0 radical (unpaired) electrons. The number of hydrogen-bond acceptors (Lipinski definition) is 3. The summed E-state index contributed by atoms with van der Waals surface area (Å²) < 4.78 is 18.3. The number of benzene rings is 1. The highest BCUT2D eigenvalue weighted by atomic mass is 19.1. The maximum atomic E-state index is 13.1. The van der Waals surface area contributed by atoms with E-state index in [1.165, 1.54) is 18.2 Å². The van der Waals surface area contributed by atoms with E-state index in [4.69, 9.17) is 10.5 Å². The second-order valence-corrected chi connectivity index (χ2v) is 4.33. The molecule has 18 heavy (non-hydrogen) atoms. The number of amides is 1. The minimum atomic E-state index is -0.607. The highest BCUT2D eigenvalue weighted by Gasteiger charge is 2.18. The summed E-state index contributed by atoms with van der Waals surface area (Å²) in [6.45, 7) is 5.90. The minimum Gasteiger partial charge on any atom is -0.492 e. The van der Waals surface area contributed by atoms with Gasteiger partial charge in [0, 0.05) is 6.07 Å². The van der Waals surface area contributed by atoms with Gasteiger partial charge in [-0.25, -0.2) is 4.39 Å². The molecular formula is C13H19FN2O2. The van der Waals surface area contributed by atoms with Gasteiger partial charge in [0.2, 0.25) is 5.91 Å². The lowest BCUT2D eigenvalue weighted by Crippen LogP contribution is -2.39. The van der Waals surface area contributed by atoms with Crippen molar-refractivity contribution in [1.29, 1.82) is 0 Å². The monoisotopic (exact) mass is 254 g/mol. The molecule has 1 atom stereocenters. The van der Waals surface area contributed by atoms with Crippen molar-refractivity contribution in [3.05, 3.63) is 24.0 Å². The van der Waals surface area contributed by atoms with Crippen molar-refractivity contribution >= 4 is 11.6 Å². The second kappa shape index (κ2) is 6.35. The van der Waals surface area contributed by atoms with Crippen LogP contribution in [-0.4, -0.2) is 18.6 Å². The Morgan fingerprint density at radius 3 is 2.72 bits per heavy atom. The Kier molecular flexibility index (Phi) is 5.09. The molecule has 0 saturated carbocycles. The molecule has 0 fully saturated rings. The standard InChI is InChI=1S/C13H19FN2O2/c1-4-18-11-7-9(14)5-6-10(11)16-13(17)12(15)8(2)3/h5-8,12H,4,15H2,1-3H3,(H,16,17)/t12-/m0/s1. The Hall–Kier alpha value is -1.62. The summed E-state index contributed by atoms with van der Waals surface area (Å²) in [5.74, 6) is -0.384.